The summed E-state index contributed by atoms with van der Waals surface area (Å²) in [4.78, 5) is 2.78. The van der Waals surface area contributed by atoms with Gasteiger partial charge in [-0.25, -0.2) is 0 Å². The van der Waals surface area contributed by atoms with Gasteiger partial charge in [-0.15, -0.1) is 0 Å². The lowest BCUT2D eigenvalue weighted by Crippen LogP contribution is -2.05. The highest BCUT2D eigenvalue weighted by atomic mass is 35.5. The van der Waals surface area contributed by atoms with Gasteiger partial charge in [0.1, 0.15) is 0 Å². The molecule has 0 aliphatic carbocycles. The van der Waals surface area contributed by atoms with Crippen LogP contribution in [0.5, 0.6) is 0 Å². The average molecular weight is 435 g/mol. The maximum atomic E-state index is 13.5. The quantitative estimate of drug-likeness (QED) is 0.336. The van der Waals surface area contributed by atoms with Crippen molar-refractivity contribution in [3.63, 3.8) is 0 Å². The van der Waals surface area contributed by atoms with Crippen molar-refractivity contribution in [2.75, 3.05) is 6.54 Å². The predicted molar refractivity (Wildman–Crippen MR) is 101 cm³/mol. The van der Waals surface area contributed by atoms with Gasteiger partial charge in [0.05, 0.1) is 16.6 Å². The maximum absolute atomic E-state index is 13.5. The fourth-order valence-electron chi connectivity index (χ4n) is 3.32. The Bertz CT molecular complexity index is 1000. The van der Waals surface area contributed by atoms with Gasteiger partial charge >= 0.3 is 12.4 Å². The van der Waals surface area contributed by atoms with Crippen molar-refractivity contribution in [1.82, 2.24) is 4.98 Å². The highest BCUT2D eigenvalue weighted by Crippen LogP contribution is 2.41. The summed E-state index contributed by atoms with van der Waals surface area (Å²) in [5, 5.41) is 0.236. The Hall–Kier alpha value is -2.19. The van der Waals surface area contributed by atoms with E-state index in [0.717, 1.165) is 18.2 Å². The zero-order valence-electron chi connectivity index (χ0n) is 15.0. The molecule has 0 amide bonds. The first-order chi connectivity index (χ1) is 13.5. The van der Waals surface area contributed by atoms with Crippen LogP contribution in [0.25, 0.3) is 22.2 Å². The monoisotopic (exact) mass is 434 g/mol. The number of aromatic nitrogens is 1. The Kier molecular flexibility index (Phi) is 5.87. The number of nitrogens with one attached hydrogen (secondary N) is 1. The highest BCUT2D eigenvalue weighted by Gasteiger charge is 2.35. The number of unbranched alkanes of at least 4 members (excludes halogenated alkanes) is 1. The van der Waals surface area contributed by atoms with E-state index in [1.54, 1.807) is 0 Å². The Morgan fingerprint density at radius 1 is 0.897 bits per heavy atom. The molecule has 0 unspecified atom stereocenters. The molecule has 0 aliphatic heterocycles. The summed E-state index contributed by atoms with van der Waals surface area (Å²) in [6.07, 6.45) is -7.46. The van der Waals surface area contributed by atoms with Gasteiger partial charge in [-0.1, -0.05) is 23.7 Å². The molecule has 0 saturated carbocycles. The molecule has 0 aliphatic rings. The fraction of sp³-hybridized carbons (Fsp3) is 0.300. The van der Waals surface area contributed by atoms with Crippen molar-refractivity contribution < 1.29 is 26.3 Å². The fourth-order valence-corrected chi connectivity index (χ4v) is 3.53. The first-order valence-electron chi connectivity index (χ1n) is 8.81. The molecule has 1 heterocycles. The highest BCUT2D eigenvalue weighted by molar-refractivity contribution is 6.31. The topological polar surface area (TPSA) is 41.8 Å². The number of aromatic amines is 1. The van der Waals surface area contributed by atoms with Crippen molar-refractivity contribution in [3.8, 4) is 11.3 Å². The zero-order chi connectivity index (χ0) is 21.4. The number of alkyl halides is 6. The molecule has 29 heavy (non-hydrogen) atoms. The molecule has 0 bridgehead atoms. The second-order valence-electron chi connectivity index (χ2n) is 6.67. The van der Waals surface area contributed by atoms with Crippen LogP contribution < -0.4 is 5.73 Å². The third-order valence-corrected chi connectivity index (χ3v) is 4.89. The van der Waals surface area contributed by atoms with E-state index >= 15 is 0 Å². The number of hydrogen-bond acceptors (Lipinski definition) is 1. The first-order valence-corrected chi connectivity index (χ1v) is 9.19. The van der Waals surface area contributed by atoms with Crippen LogP contribution in [0.3, 0.4) is 0 Å². The molecule has 3 aromatic rings. The second-order valence-corrected chi connectivity index (χ2v) is 7.11. The molecule has 3 rings (SSSR count). The predicted octanol–water partition coefficient (Wildman–Crippen LogP) is 6.81. The first kappa shape index (κ1) is 21.5. The molecule has 2 nitrogen and oxygen atoms in total. The summed E-state index contributed by atoms with van der Waals surface area (Å²) < 4.78 is 79.1. The van der Waals surface area contributed by atoms with Crippen molar-refractivity contribution in [3.05, 3.63) is 58.1 Å². The second kappa shape index (κ2) is 7.91. The SMILES string of the molecule is NCCCCc1c(-c2ccc(C(F)(F)F)cc2)[nH]c2c(C(F)(F)F)cc(Cl)cc12. The molecule has 0 fully saturated rings. The Morgan fingerprint density at radius 2 is 1.55 bits per heavy atom. The molecular formula is C20H17ClF6N2. The lowest BCUT2D eigenvalue weighted by molar-refractivity contribution is -0.138. The van der Waals surface area contributed by atoms with E-state index in [1.807, 2.05) is 0 Å². The van der Waals surface area contributed by atoms with Crippen LogP contribution in [0.1, 0.15) is 29.5 Å². The van der Waals surface area contributed by atoms with Crippen LogP contribution in [0.4, 0.5) is 26.3 Å². The summed E-state index contributed by atoms with van der Waals surface area (Å²) in [6.45, 7) is 0.423. The van der Waals surface area contributed by atoms with Gasteiger partial charge in [0.25, 0.3) is 0 Å². The van der Waals surface area contributed by atoms with Crippen LogP contribution in [0.2, 0.25) is 5.02 Å². The lowest BCUT2D eigenvalue weighted by Gasteiger charge is -2.09. The molecular weight excluding hydrogens is 418 g/mol. The largest absolute Gasteiger partial charge is 0.418 e. The zero-order valence-corrected chi connectivity index (χ0v) is 15.8. The van der Waals surface area contributed by atoms with E-state index in [9.17, 15) is 26.3 Å². The number of nitrogens with two attached hydrogens (primary N) is 1. The number of rotatable bonds is 5. The van der Waals surface area contributed by atoms with Crippen molar-refractivity contribution >= 4 is 22.5 Å². The maximum Gasteiger partial charge on any atom is 0.418 e. The lowest BCUT2D eigenvalue weighted by atomic mass is 9.98. The standard InChI is InChI=1S/C20H17ClF6N2/c21-13-9-15-14(3-1-2-8-28)17(29-18(15)16(10-13)20(25,26)27)11-4-6-12(7-5-11)19(22,23)24/h4-7,9-10,29H,1-3,8,28H2. The third kappa shape index (κ3) is 4.53. The number of aryl methyl sites for hydroxylation is 1. The number of benzene rings is 2. The van der Waals surface area contributed by atoms with E-state index in [4.69, 9.17) is 17.3 Å². The van der Waals surface area contributed by atoms with E-state index in [1.165, 1.54) is 18.2 Å². The Balaban J connectivity index is 2.20. The number of fused-ring (bicyclic) bond motifs is 1. The summed E-state index contributed by atoms with van der Waals surface area (Å²) >= 11 is 5.93. The molecule has 2 aromatic carbocycles. The van der Waals surface area contributed by atoms with E-state index in [-0.39, 0.29) is 10.5 Å². The van der Waals surface area contributed by atoms with Gasteiger partial charge in [-0.2, -0.15) is 26.3 Å². The van der Waals surface area contributed by atoms with E-state index < -0.39 is 23.5 Å². The minimum absolute atomic E-state index is 0.0668. The summed E-state index contributed by atoms with van der Waals surface area (Å²) in [5.74, 6) is 0. The van der Waals surface area contributed by atoms with Crippen LogP contribution in [0, 0.1) is 0 Å². The van der Waals surface area contributed by atoms with Gasteiger partial charge in [-0.3, -0.25) is 0 Å². The molecule has 0 saturated heterocycles. The summed E-state index contributed by atoms with van der Waals surface area (Å²) in [6, 6.07) is 6.57. The van der Waals surface area contributed by atoms with Crippen molar-refractivity contribution in [2.24, 2.45) is 5.73 Å². The Morgan fingerprint density at radius 3 is 2.10 bits per heavy atom. The number of hydrogen-bond donors (Lipinski definition) is 2. The van der Waals surface area contributed by atoms with Crippen LogP contribution in [-0.4, -0.2) is 11.5 Å². The van der Waals surface area contributed by atoms with Gasteiger partial charge in [-0.05, 0) is 61.2 Å². The summed E-state index contributed by atoms with van der Waals surface area (Å²) in [5.41, 5.74) is 4.90. The smallest absolute Gasteiger partial charge is 0.354 e. The summed E-state index contributed by atoms with van der Waals surface area (Å²) in [7, 11) is 0. The molecule has 156 valence electrons. The normalized spacial score (nSPS) is 12.7. The van der Waals surface area contributed by atoms with Crippen LogP contribution in [0.15, 0.2) is 36.4 Å². The number of halogens is 7. The van der Waals surface area contributed by atoms with Gasteiger partial charge < -0.3 is 10.7 Å². The molecule has 0 radical (unpaired) electrons. The number of H-pyrrole nitrogens is 1. The van der Waals surface area contributed by atoms with E-state index in [0.29, 0.717) is 48.0 Å². The van der Waals surface area contributed by atoms with Gasteiger partial charge in [0.15, 0.2) is 0 Å². The molecule has 0 atom stereocenters. The molecule has 9 heteroatoms. The molecule has 0 spiro atoms. The van der Waals surface area contributed by atoms with Crippen molar-refractivity contribution in [2.45, 2.75) is 31.6 Å². The average Bonchev–Trinajstić information content (AvgIpc) is 2.98. The van der Waals surface area contributed by atoms with Gasteiger partial charge in [0.2, 0.25) is 0 Å². The third-order valence-electron chi connectivity index (χ3n) is 4.67. The molecule has 3 N–H and O–H groups in total. The van der Waals surface area contributed by atoms with Crippen LogP contribution in [-0.2, 0) is 18.8 Å². The Labute approximate surface area is 167 Å². The minimum Gasteiger partial charge on any atom is -0.354 e. The van der Waals surface area contributed by atoms with E-state index in [2.05, 4.69) is 4.98 Å². The minimum atomic E-state index is -4.64. The van der Waals surface area contributed by atoms with Crippen molar-refractivity contribution in [1.29, 1.82) is 0 Å². The molecule has 1 aromatic heterocycles. The van der Waals surface area contributed by atoms with Gasteiger partial charge in [0, 0.05) is 16.1 Å². The van der Waals surface area contributed by atoms with Crippen LogP contribution >= 0.6 is 11.6 Å².